The second-order valence-electron chi connectivity index (χ2n) is 3.25. The molecule has 0 spiro atoms. The lowest BCUT2D eigenvalue weighted by Crippen LogP contribution is -1.99. The lowest BCUT2D eigenvalue weighted by Gasteiger charge is -2.10. The first-order chi connectivity index (χ1) is 7.22. The molecule has 0 aliphatic rings. The molecule has 1 heterocycles. The summed E-state index contributed by atoms with van der Waals surface area (Å²) >= 11 is 11.8. The highest BCUT2D eigenvalue weighted by molar-refractivity contribution is 6.30. The zero-order chi connectivity index (χ0) is 10.8. The van der Waals surface area contributed by atoms with Gasteiger partial charge < -0.3 is 4.57 Å². The summed E-state index contributed by atoms with van der Waals surface area (Å²) in [7, 11) is 0. The van der Waals surface area contributed by atoms with Crippen LogP contribution in [0.1, 0.15) is 11.4 Å². The molecular formula is C11H10Cl2N2. The van der Waals surface area contributed by atoms with Gasteiger partial charge in [-0.05, 0) is 24.6 Å². The minimum Gasteiger partial charge on any atom is -0.304 e. The summed E-state index contributed by atoms with van der Waals surface area (Å²) in [6, 6.07) is 5.67. The van der Waals surface area contributed by atoms with E-state index < -0.39 is 0 Å². The molecule has 0 unspecified atom stereocenters. The van der Waals surface area contributed by atoms with E-state index in [1.807, 2.05) is 35.9 Å². The molecule has 0 amide bonds. The molecule has 0 N–H and O–H groups in total. The van der Waals surface area contributed by atoms with Crippen LogP contribution >= 0.6 is 23.2 Å². The number of halogens is 2. The molecule has 0 fully saturated rings. The van der Waals surface area contributed by atoms with Crippen molar-refractivity contribution in [3.63, 3.8) is 0 Å². The summed E-state index contributed by atoms with van der Waals surface area (Å²) in [5.74, 6) is 1.38. The molecule has 0 radical (unpaired) electrons. The standard InChI is InChI=1S/C11H10Cl2N2/c1-8-14-4-5-15(8)11-6-10(13)3-2-9(11)7-12/h2-6H,7H2,1H3. The van der Waals surface area contributed by atoms with Gasteiger partial charge in [-0.2, -0.15) is 0 Å². The van der Waals surface area contributed by atoms with E-state index in [0.29, 0.717) is 10.9 Å². The summed E-state index contributed by atoms with van der Waals surface area (Å²) < 4.78 is 1.98. The molecule has 4 heteroatoms. The molecular weight excluding hydrogens is 231 g/mol. The van der Waals surface area contributed by atoms with E-state index in [1.54, 1.807) is 6.20 Å². The summed E-state index contributed by atoms with van der Waals surface area (Å²) in [5, 5.41) is 0.701. The van der Waals surface area contributed by atoms with E-state index in [-0.39, 0.29) is 0 Å². The number of hydrogen-bond donors (Lipinski definition) is 0. The van der Waals surface area contributed by atoms with Gasteiger partial charge in [-0.25, -0.2) is 4.98 Å². The molecule has 2 aromatic rings. The lowest BCUT2D eigenvalue weighted by atomic mass is 10.2. The van der Waals surface area contributed by atoms with Crippen LogP contribution in [0.3, 0.4) is 0 Å². The Morgan fingerprint density at radius 1 is 1.40 bits per heavy atom. The van der Waals surface area contributed by atoms with Crippen LogP contribution in [0, 0.1) is 6.92 Å². The van der Waals surface area contributed by atoms with Crippen molar-refractivity contribution in [2.45, 2.75) is 12.8 Å². The van der Waals surface area contributed by atoms with Crippen molar-refractivity contribution in [3.05, 3.63) is 47.0 Å². The fourth-order valence-corrected chi connectivity index (χ4v) is 1.90. The maximum Gasteiger partial charge on any atom is 0.110 e. The third kappa shape index (κ3) is 2.01. The third-order valence-electron chi connectivity index (χ3n) is 2.28. The van der Waals surface area contributed by atoms with Crippen LogP contribution < -0.4 is 0 Å². The molecule has 0 aliphatic heterocycles. The van der Waals surface area contributed by atoms with Crippen LogP contribution in [0.15, 0.2) is 30.6 Å². The smallest absolute Gasteiger partial charge is 0.110 e. The number of rotatable bonds is 2. The lowest BCUT2D eigenvalue weighted by molar-refractivity contribution is 0.962. The molecule has 1 aromatic carbocycles. The molecule has 2 nitrogen and oxygen atoms in total. The quantitative estimate of drug-likeness (QED) is 0.735. The van der Waals surface area contributed by atoms with E-state index in [4.69, 9.17) is 23.2 Å². The number of nitrogens with zero attached hydrogens (tertiary/aromatic N) is 2. The Hall–Kier alpha value is -0.990. The van der Waals surface area contributed by atoms with Crippen LogP contribution in [0.5, 0.6) is 0 Å². The number of benzene rings is 1. The third-order valence-corrected chi connectivity index (χ3v) is 2.80. The normalized spacial score (nSPS) is 10.6. The topological polar surface area (TPSA) is 17.8 Å². The highest BCUT2D eigenvalue weighted by Gasteiger charge is 2.06. The van der Waals surface area contributed by atoms with Gasteiger partial charge in [0.2, 0.25) is 0 Å². The van der Waals surface area contributed by atoms with Crippen molar-refractivity contribution in [2.24, 2.45) is 0 Å². The Kier molecular flexibility index (Phi) is 2.98. The average molecular weight is 241 g/mol. The first-order valence-electron chi connectivity index (χ1n) is 4.57. The molecule has 15 heavy (non-hydrogen) atoms. The Labute approximate surface area is 98.5 Å². The molecule has 0 saturated heterocycles. The molecule has 1 aromatic heterocycles. The molecule has 0 atom stereocenters. The van der Waals surface area contributed by atoms with Gasteiger partial charge in [0, 0.05) is 23.3 Å². The van der Waals surface area contributed by atoms with Crippen LogP contribution in [-0.2, 0) is 5.88 Å². The van der Waals surface area contributed by atoms with Gasteiger partial charge in [-0.15, -0.1) is 11.6 Å². The van der Waals surface area contributed by atoms with E-state index >= 15 is 0 Å². The number of imidazole rings is 1. The van der Waals surface area contributed by atoms with Crippen LogP contribution in [-0.4, -0.2) is 9.55 Å². The van der Waals surface area contributed by atoms with Gasteiger partial charge >= 0.3 is 0 Å². The van der Waals surface area contributed by atoms with E-state index in [9.17, 15) is 0 Å². The van der Waals surface area contributed by atoms with Crippen molar-refractivity contribution in [1.82, 2.24) is 9.55 Å². The zero-order valence-corrected chi connectivity index (χ0v) is 9.76. The Balaban J connectivity index is 2.60. The van der Waals surface area contributed by atoms with Crippen molar-refractivity contribution in [1.29, 1.82) is 0 Å². The SMILES string of the molecule is Cc1nccn1-c1cc(Cl)ccc1CCl. The highest BCUT2D eigenvalue weighted by atomic mass is 35.5. The predicted octanol–water partition coefficient (Wildman–Crippen LogP) is 3.57. The van der Waals surface area contributed by atoms with Crippen molar-refractivity contribution < 1.29 is 0 Å². The van der Waals surface area contributed by atoms with Gasteiger partial charge in [-0.1, -0.05) is 17.7 Å². The second kappa shape index (κ2) is 4.25. The van der Waals surface area contributed by atoms with E-state index in [2.05, 4.69) is 4.98 Å². The second-order valence-corrected chi connectivity index (χ2v) is 3.95. The summed E-state index contributed by atoms with van der Waals surface area (Å²) in [4.78, 5) is 4.17. The fraction of sp³-hybridized carbons (Fsp3) is 0.182. The fourth-order valence-electron chi connectivity index (χ4n) is 1.51. The van der Waals surface area contributed by atoms with Gasteiger partial charge in [0.05, 0.1) is 5.69 Å². The predicted molar refractivity (Wildman–Crippen MR) is 62.9 cm³/mol. The Bertz CT molecular complexity index is 477. The van der Waals surface area contributed by atoms with Gasteiger partial charge in [-0.3, -0.25) is 0 Å². The van der Waals surface area contributed by atoms with Crippen molar-refractivity contribution in [2.75, 3.05) is 0 Å². The Morgan fingerprint density at radius 3 is 2.80 bits per heavy atom. The minimum atomic E-state index is 0.462. The van der Waals surface area contributed by atoms with Crippen molar-refractivity contribution >= 4 is 23.2 Å². The average Bonchev–Trinajstić information content (AvgIpc) is 2.64. The molecule has 78 valence electrons. The monoisotopic (exact) mass is 240 g/mol. The first-order valence-corrected chi connectivity index (χ1v) is 5.48. The summed E-state index contributed by atoms with van der Waals surface area (Å²) in [6.07, 6.45) is 3.66. The minimum absolute atomic E-state index is 0.462. The van der Waals surface area contributed by atoms with E-state index in [0.717, 1.165) is 17.1 Å². The molecule has 0 bridgehead atoms. The number of aryl methyl sites for hydroxylation is 1. The van der Waals surface area contributed by atoms with Crippen LogP contribution in [0.2, 0.25) is 5.02 Å². The molecule has 0 saturated carbocycles. The van der Waals surface area contributed by atoms with Crippen molar-refractivity contribution in [3.8, 4) is 5.69 Å². The summed E-state index contributed by atoms with van der Waals surface area (Å²) in [5.41, 5.74) is 2.04. The zero-order valence-electron chi connectivity index (χ0n) is 8.24. The number of alkyl halides is 1. The Morgan fingerprint density at radius 2 is 2.20 bits per heavy atom. The first kappa shape index (κ1) is 10.5. The van der Waals surface area contributed by atoms with Crippen LogP contribution in [0.25, 0.3) is 5.69 Å². The van der Waals surface area contributed by atoms with Gasteiger partial charge in [0.15, 0.2) is 0 Å². The molecule has 2 rings (SSSR count). The van der Waals surface area contributed by atoms with E-state index in [1.165, 1.54) is 0 Å². The van der Waals surface area contributed by atoms with Crippen LogP contribution in [0.4, 0.5) is 0 Å². The summed E-state index contributed by atoms with van der Waals surface area (Å²) in [6.45, 7) is 1.94. The maximum absolute atomic E-state index is 5.97. The highest BCUT2D eigenvalue weighted by Crippen LogP contribution is 2.22. The molecule has 0 aliphatic carbocycles. The maximum atomic E-state index is 5.97. The van der Waals surface area contributed by atoms with Gasteiger partial charge in [0.25, 0.3) is 0 Å². The van der Waals surface area contributed by atoms with Gasteiger partial charge in [0.1, 0.15) is 5.82 Å². The largest absolute Gasteiger partial charge is 0.304 e. The number of aromatic nitrogens is 2. The number of hydrogen-bond acceptors (Lipinski definition) is 1.